The molecule has 8 aromatic rings. The second kappa shape index (κ2) is 33.2. The van der Waals surface area contributed by atoms with E-state index in [-0.39, 0.29) is 0 Å². The number of aryl methyl sites for hydroxylation is 1. The van der Waals surface area contributed by atoms with Crippen LogP contribution in [0.3, 0.4) is 0 Å². The van der Waals surface area contributed by atoms with Gasteiger partial charge in [0, 0.05) is 28.9 Å². The monoisotopic (exact) mass is 714 g/mol. The van der Waals surface area contributed by atoms with Crippen LogP contribution in [0.25, 0.3) is 54.1 Å². The lowest BCUT2D eigenvalue weighted by molar-refractivity contribution is 0.772. The zero-order chi connectivity index (χ0) is 40.4. The van der Waals surface area contributed by atoms with Crippen molar-refractivity contribution in [3.63, 3.8) is 0 Å². The summed E-state index contributed by atoms with van der Waals surface area (Å²) in [6, 6.07) is 50.9. The number of nitrogens with zero attached hydrogens (tertiary/aromatic N) is 1. The summed E-state index contributed by atoms with van der Waals surface area (Å²) in [5.41, 5.74) is 2.60. The van der Waals surface area contributed by atoms with Gasteiger partial charge in [-0.2, -0.15) is 0 Å². The highest BCUT2D eigenvalue weighted by Crippen LogP contribution is 2.34. The van der Waals surface area contributed by atoms with Crippen molar-refractivity contribution in [3.05, 3.63) is 146 Å². The van der Waals surface area contributed by atoms with Crippen molar-refractivity contribution in [2.75, 3.05) is 0 Å². The summed E-state index contributed by atoms with van der Waals surface area (Å²) in [6.45, 7) is 28.4. The van der Waals surface area contributed by atoms with Crippen LogP contribution in [0.15, 0.2) is 146 Å². The summed E-state index contributed by atoms with van der Waals surface area (Å²) in [5, 5.41) is 10.8. The Kier molecular flexibility index (Phi) is 31.7. The minimum absolute atomic E-state index is 1.30. The van der Waals surface area contributed by atoms with Gasteiger partial charge in [-0.3, -0.25) is 0 Å². The van der Waals surface area contributed by atoms with E-state index in [2.05, 4.69) is 135 Å². The first-order valence-electron chi connectivity index (χ1n) is 20.8. The van der Waals surface area contributed by atoms with E-state index >= 15 is 0 Å². The van der Waals surface area contributed by atoms with Crippen molar-refractivity contribution in [2.24, 2.45) is 7.05 Å². The van der Waals surface area contributed by atoms with Crippen LogP contribution in [0, 0.1) is 0 Å². The maximum atomic E-state index is 2.24. The number of hydrogen-bond donors (Lipinski definition) is 0. The van der Waals surface area contributed by atoms with E-state index in [1.807, 2.05) is 119 Å². The Balaban J connectivity index is 0. The summed E-state index contributed by atoms with van der Waals surface area (Å²) < 4.78 is 2.24. The van der Waals surface area contributed by atoms with Crippen LogP contribution < -0.4 is 0 Å². The van der Waals surface area contributed by atoms with E-state index in [0.717, 1.165) is 0 Å². The normalized spacial score (nSPS) is 8.89. The molecule has 0 atom stereocenters. The lowest BCUT2D eigenvalue weighted by Crippen LogP contribution is -1.84. The molecule has 0 N–H and O–H groups in total. The van der Waals surface area contributed by atoms with Gasteiger partial charge in [-0.05, 0) is 44.5 Å². The van der Waals surface area contributed by atoms with Gasteiger partial charge in [-0.15, -0.1) is 0 Å². The van der Waals surface area contributed by atoms with E-state index in [0.29, 0.717) is 0 Å². The molecule has 0 saturated carbocycles. The third kappa shape index (κ3) is 15.5. The molecule has 1 nitrogen and oxygen atoms in total. The average molecular weight is 714 g/mol. The molecule has 0 amide bonds. The summed E-state index contributed by atoms with van der Waals surface area (Å²) in [4.78, 5) is 0. The third-order valence-corrected chi connectivity index (χ3v) is 7.59. The van der Waals surface area contributed by atoms with Gasteiger partial charge in [0.2, 0.25) is 0 Å². The highest BCUT2D eigenvalue weighted by Gasteiger charge is 2.06. The molecule has 0 radical (unpaired) electrons. The van der Waals surface area contributed by atoms with E-state index in [4.69, 9.17) is 0 Å². The molecule has 1 heteroatoms. The molecule has 1 aromatic heterocycles. The summed E-state index contributed by atoms with van der Waals surface area (Å²) in [6.07, 6.45) is 4.08. The molecule has 1 heterocycles. The lowest BCUT2D eigenvalue weighted by atomic mass is 9.95. The Hall–Kier alpha value is -4.62. The van der Waals surface area contributed by atoms with Crippen LogP contribution in [-0.4, -0.2) is 4.57 Å². The van der Waals surface area contributed by atoms with Gasteiger partial charge in [-0.1, -0.05) is 250 Å². The largest absolute Gasteiger partial charge is 0.344 e. The Bertz CT molecular complexity index is 1730. The fourth-order valence-corrected chi connectivity index (χ4v) is 5.53. The van der Waals surface area contributed by atoms with Gasteiger partial charge in [0.15, 0.2) is 0 Å². The van der Waals surface area contributed by atoms with Crippen molar-refractivity contribution in [1.82, 2.24) is 4.57 Å². The van der Waals surface area contributed by atoms with Gasteiger partial charge in [0.25, 0.3) is 0 Å². The van der Waals surface area contributed by atoms with Gasteiger partial charge in [0.1, 0.15) is 0 Å². The molecule has 0 fully saturated rings. The van der Waals surface area contributed by atoms with Crippen LogP contribution in [0.2, 0.25) is 0 Å². The molecule has 288 valence electrons. The molecular formula is C52H75N. The maximum absolute atomic E-state index is 2.24. The molecule has 53 heavy (non-hydrogen) atoms. The van der Waals surface area contributed by atoms with Crippen molar-refractivity contribution < 1.29 is 0 Å². The first-order chi connectivity index (χ1) is 26.2. The van der Waals surface area contributed by atoms with Crippen molar-refractivity contribution in [1.29, 1.82) is 0 Å². The predicted octanol–water partition coefficient (Wildman–Crippen LogP) is 18.0. The summed E-state index contributed by atoms with van der Waals surface area (Å²) in [5.74, 6) is 0. The van der Waals surface area contributed by atoms with Gasteiger partial charge < -0.3 is 4.57 Å². The molecule has 0 aliphatic heterocycles. The maximum Gasteiger partial charge on any atom is 0.0488 e. The number of unbranched alkanes of at least 4 members (excludes halogenated alkanes) is 2. The van der Waals surface area contributed by atoms with Crippen LogP contribution in [0.1, 0.15) is 116 Å². The Morgan fingerprint density at radius 1 is 0.321 bits per heavy atom. The fraction of sp³-hybridized carbons (Fsp3) is 0.346. The SMILES string of the molecule is CC.CC.CC.CC.CC.CC.CCCCC.Cn1c2ccccc2c2ccccc21.c1cc2ccc3cccc4ccc(c1)c2c34.c1ccccc1. The molecule has 7 aromatic carbocycles. The smallest absolute Gasteiger partial charge is 0.0488 e. The van der Waals surface area contributed by atoms with Crippen LogP contribution in [-0.2, 0) is 7.05 Å². The van der Waals surface area contributed by atoms with E-state index in [1.54, 1.807) is 0 Å². The van der Waals surface area contributed by atoms with E-state index < -0.39 is 0 Å². The first-order valence-corrected chi connectivity index (χ1v) is 20.8. The predicted molar refractivity (Wildman–Crippen MR) is 250 cm³/mol. The number of aromatic nitrogens is 1. The molecule has 0 spiro atoms. The molecule has 0 unspecified atom stereocenters. The van der Waals surface area contributed by atoms with Gasteiger partial charge in [0.05, 0.1) is 0 Å². The van der Waals surface area contributed by atoms with Crippen LogP contribution in [0.4, 0.5) is 0 Å². The quantitative estimate of drug-likeness (QED) is 0.157. The molecule has 0 bridgehead atoms. The molecule has 8 rings (SSSR count). The highest BCUT2D eigenvalue weighted by atomic mass is 14.9. The number of rotatable bonds is 2. The summed E-state index contributed by atoms with van der Waals surface area (Å²) in [7, 11) is 2.12. The highest BCUT2D eigenvalue weighted by molar-refractivity contribution is 6.22. The molecule has 0 aliphatic rings. The second-order valence-electron chi connectivity index (χ2n) is 10.4. The van der Waals surface area contributed by atoms with Crippen molar-refractivity contribution in [2.45, 2.75) is 116 Å². The van der Waals surface area contributed by atoms with Crippen LogP contribution >= 0.6 is 0 Å². The zero-order valence-electron chi connectivity index (χ0n) is 36.4. The lowest BCUT2D eigenvalue weighted by Gasteiger charge is -2.09. The average Bonchev–Trinajstić information content (AvgIpc) is 3.57. The topological polar surface area (TPSA) is 4.93 Å². The number of fused-ring (bicyclic) bond motifs is 3. The molecule has 0 saturated heterocycles. The Morgan fingerprint density at radius 3 is 0.830 bits per heavy atom. The number of hydrogen-bond acceptors (Lipinski definition) is 0. The third-order valence-electron chi connectivity index (χ3n) is 7.59. The molecule has 0 aliphatic carbocycles. The van der Waals surface area contributed by atoms with Crippen molar-refractivity contribution in [3.8, 4) is 0 Å². The number of benzene rings is 7. The summed E-state index contributed by atoms with van der Waals surface area (Å²) >= 11 is 0. The second-order valence-corrected chi connectivity index (χ2v) is 10.4. The van der Waals surface area contributed by atoms with E-state index in [9.17, 15) is 0 Å². The van der Waals surface area contributed by atoms with Crippen LogP contribution in [0.5, 0.6) is 0 Å². The Labute approximate surface area is 326 Å². The van der Waals surface area contributed by atoms with Gasteiger partial charge in [-0.25, -0.2) is 0 Å². The first kappa shape index (κ1) is 50.5. The Morgan fingerprint density at radius 2 is 0.585 bits per heavy atom. The van der Waals surface area contributed by atoms with Crippen molar-refractivity contribution >= 4 is 54.1 Å². The minimum atomic E-state index is 1.30. The van der Waals surface area contributed by atoms with E-state index in [1.165, 1.54) is 73.4 Å². The standard InChI is InChI=1S/C16H10.C13H11N.C6H6.C5H12.6C2H6/c1-3-11-7-9-13-5-2-6-14-10-8-12(4-1)15(11)16(13)14;1-14-12-8-4-2-6-10(12)11-7-3-5-9-13(11)14;1-2-4-6-5-3-1;1-3-5-4-2;6*1-2/h1-10H;2-9H,1H3;1-6H;3-5H2,1-2H3;6*1-2H3. The minimum Gasteiger partial charge on any atom is -0.344 e. The fourth-order valence-electron chi connectivity index (χ4n) is 5.53. The number of para-hydroxylation sites is 2. The van der Waals surface area contributed by atoms with Gasteiger partial charge >= 0.3 is 0 Å². The molecular weight excluding hydrogens is 639 g/mol. The zero-order valence-corrected chi connectivity index (χ0v) is 36.4.